The Balaban J connectivity index is 1.39. The Morgan fingerprint density at radius 3 is 2.55 bits per heavy atom. The smallest absolute Gasteiger partial charge is 0.289 e. The van der Waals surface area contributed by atoms with E-state index in [1.165, 1.54) is 0 Å². The maximum atomic E-state index is 12.6. The van der Waals surface area contributed by atoms with Crippen molar-refractivity contribution in [2.24, 2.45) is 0 Å². The number of nitrogens with one attached hydrogen (secondary N) is 1. The van der Waals surface area contributed by atoms with E-state index in [4.69, 9.17) is 9.15 Å². The fourth-order valence-corrected chi connectivity index (χ4v) is 4.32. The summed E-state index contributed by atoms with van der Waals surface area (Å²) in [5.74, 6) is 0.943. The van der Waals surface area contributed by atoms with Gasteiger partial charge in [0.05, 0.1) is 29.5 Å². The van der Waals surface area contributed by atoms with Gasteiger partial charge in [-0.3, -0.25) is 4.79 Å². The average molecular weight is 401 g/mol. The number of aryl methyl sites for hydroxylation is 2. The molecule has 156 valence electrons. The van der Waals surface area contributed by atoms with Gasteiger partial charge in [0.25, 0.3) is 5.91 Å². The van der Waals surface area contributed by atoms with Crippen LogP contribution in [-0.4, -0.2) is 62.9 Å². The number of hydrogen-bond donors (Lipinski definition) is 2. The average Bonchev–Trinajstić information content (AvgIpc) is 3.03. The van der Waals surface area contributed by atoms with Crippen LogP contribution in [0.5, 0.6) is 0 Å². The molecule has 0 aromatic carbocycles. The highest BCUT2D eigenvalue weighted by atomic mass is 16.5. The molecule has 9 nitrogen and oxygen atoms in total. The van der Waals surface area contributed by atoms with Crippen molar-refractivity contribution in [2.75, 3.05) is 24.6 Å². The first-order valence-electron chi connectivity index (χ1n) is 9.91. The van der Waals surface area contributed by atoms with Crippen LogP contribution in [-0.2, 0) is 4.74 Å². The molecule has 2 aliphatic rings. The Bertz CT molecular complexity index is 874. The first-order chi connectivity index (χ1) is 13.8. The molecule has 0 radical (unpaired) electrons. The van der Waals surface area contributed by atoms with Gasteiger partial charge in [-0.25, -0.2) is 15.0 Å². The van der Waals surface area contributed by atoms with Crippen molar-refractivity contribution < 1.29 is 19.1 Å². The monoisotopic (exact) mass is 401 g/mol. The number of anilines is 1. The van der Waals surface area contributed by atoms with Crippen molar-refractivity contribution in [1.82, 2.24) is 20.3 Å². The summed E-state index contributed by atoms with van der Waals surface area (Å²) < 4.78 is 11.6. The van der Waals surface area contributed by atoms with Crippen LogP contribution in [0, 0.1) is 13.8 Å². The molecule has 2 aromatic rings. The highest BCUT2D eigenvalue weighted by Gasteiger charge is 2.50. The molecule has 1 amide bonds. The number of aromatic nitrogens is 3. The molecular weight excluding hydrogens is 374 g/mol. The maximum absolute atomic E-state index is 12.6. The predicted octanol–water partition coefficient (Wildman–Crippen LogP) is 1.39. The molecule has 4 heterocycles. The molecule has 0 unspecified atom stereocenters. The lowest BCUT2D eigenvalue weighted by molar-refractivity contribution is -0.176. The molecule has 2 atom stereocenters. The normalized spacial score (nSPS) is 26.5. The van der Waals surface area contributed by atoms with E-state index in [2.05, 4.69) is 25.2 Å². The molecule has 1 spiro atoms. The maximum Gasteiger partial charge on any atom is 0.289 e. The molecule has 2 fully saturated rings. The molecule has 0 saturated carbocycles. The predicted molar refractivity (Wildman–Crippen MR) is 105 cm³/mol. The molecule has 2 N–H and O–H groups in total. The zero-order valence-corrected chi connectivity index (χ0v) is 17.0. The van der Waals surface area contributed by atoms with Crippen LogP contribution in [0.25, 0.3) is 0 Å². The first kappa shape index (κ1) is 19.8. The van der Waals surface area contributed by atoms with Crippen LogP contribution < -0.4 is 10.2 Å². The van der Waals surface area contributed by atoms with E-state index in [-0.39, 0.29) is 18.3 Å². The van der Waals surface area contributed by atoms with Crippen molar-refractivity contribution in [3.8, 4) is 0 Å². The molecule has 2 aliphatic heterocycles. The Morgan fingerprint density at radius 1 is 1.28 bits per heavy atom. The number of carbonyl (C=O) groups excluding carboxylic acids is 1. The van der Waals surface area contributed by atoms with Gasteiger partial charge in [0.2, 0.25) is 11.7 Å². The summed E-state index contributed by atoms with van der Waals surface area (Å²) >= 11 is 0. The standard InChI is InChI=1S/C20H27N5O4/c1-13-16(29-14(2)23-13)17(26)24-15-11-28-20(12-19(15,3)27)5-9-25(10-6-20)18-21-7-4-8-22-18/h4,7-8,15,27H,5-6,9-12H2,1-3H3,(H,24,26)/t15-,19-/m0/s1. The third-order valence-electron chi connectivity index (χ3n) is 5.91. The van der Waals surface area contributed by atoms with Crippen molar-refractivity contribution in [3.05, 3.63) is 35.8 Å². The van der Waals surface area contributed by atoms with Gasteiger partial charge in [-0.05, 0) is 32.8 Å². The summed E-state index contributed by atoms with van der Waals surface area (Å²) in [6, 6.07) is 1.27. The molecule has 2 aromatic heterocycles. The zero-order valence-electron chi connectivity index (χ0n) is 17.0. The van der Waals surface area contributed by atoms with E-state index >= 15 is 0 Å². The van der Waals surface area contributed by atoms with Crippen molar-refractivity contribution in [1.29, 1.82) is 0 Å². The van der Waals surface area contributed by atoms with Gasteiger partial charge in [-0.1, -0.05) is 0 Å². The summed E-state index contributed by atoms with van der Waals surface area (Å²) in [5.41, 5.74) is -0.972. The van der Waals surface area contributed by atoms with Crippen LogP contribution in [0.4, 0.5) is 5.95 Å². The van der Waals surface area contributed by atoms with Crippen molar-refractivity contribution >= 4 is 11.9 Å². The lowest BCUT2D eigenvalue weighted by Crippen LogP contribution is -2.64. The minimum absolute atomic E-state index is 0.176. The van der Waals surface area contributed by atoms with E-state index in [0.717, 1.165) is 25.9 Å². The van der Waals surface area contributed by atoms with Gasteiger partial charge in [0, 0.05) is 38.8 Å². The second-order valence-electron chi connectivity index (χ2n) is 8.24. The fourth-order valence-electron chi connectivity index (χ4n) is 4.32. The van der Waals surface area contributed by atoms with Crippen LogP contribution in [0.3, 0.4) is 0 Å². The third-order valence-corrected chi connectivity index (χ3v) is 5.91. The fraction of sp³-hybridized carbons (Fsp3) is 0.600. The van der Waals surface area contributed by atoms with Gasteiger partial charge < -0.3 is 24.5 Å². The summed E-state index contributed by atoms with van der Waals surface area (Å²) in [6.45, 7) is 6.93. The first-order valence-corrected chi connectivity index (χ1v) is 9.91. The Kier molecular flexibility index (Phi) is 5.04. The summed E-state index contributed by atoms with van der Waals surface area (Å²) in [5, 5.41) is 14.0. The number of hydrogen-bond acceptors (Lipinski definition) is 8. The van der Waals surface area contributed by atoms with Crippen molar-refractivity contribution in [3.63, 3.8) is 0 Å². The Labute approximate surface area is 169 Å². The third kappa shape index (κ3) is 3.97. The van der Waals surface area contributed by atoms with Crippen LogP contribution in [0.15, 0.2) is 22.9 Å². The number of amides is 1. The van der Waals surface area contributed by atoms with Crippen molar-refractivity contribution in [2.45, 2.75) is 57.3 Å². The number of ether oxygens (including phenoxy) is 1. The minimum atomic E-state index is -1.09. The van der Waals surface area contributed by atoms with Crippen LogP contribution >= 0.6 is 0 Å². The van der Waals surface area contributed by atoms with E-state index in [9.17, 15) is 9.90 Å². The largest absolute Gasteiger partial charge is 0.436 e. The van der Waals surface area contributed by atoms with Crippen LogP contribution in [0.1, 0.15) is 48.3 Å². The Morgan fingerprint density at radius 2 is 1.97 bits per heavy atom. The molecule has 9 heteroatoms. The number of aliphatic hydroxyl groups is 1. The molecule has 29 heavy (non-hydrogen) atoms. The molecular formula is C20H27N5O4. The number of nitrogens with zero attached hydrogens (tertiary/aromatic N) is 4. The highest BCUT2D eigenvalue weighted by molar-refractivity contribution is 5.92. The van der Waals surface area contributed by atoms with Gasteiger partial charge in [0.15, 0.2) is 5.89 Å². The molecule has 2 saturated heterocycles. The van der Waals surface area contributed by atoms with Gasteiger partial charge in [-0.2, -0.15) is 0 Å². The highest BCUT2D eigenvalue weighted by Crippen LogP contribution is 2.40. The molecule has 4 rings (SSSR count). The lowest BCUT2D eigenvalue weighted by atomic mass is 9.75. The topological polar surface area (TPSA) is 114 Å². The van der Waals surface area contributed by atoms with E-state index < -0.39 is 17.2 Å². The summed E-state index contributed by atoms with van der Waals surface area (Å²) in [7, 11) is 0. The summed E-state index contributed by atoms with van der Waals surface area (Å²) in [4.78, 5) is 27.4. The summed E-state index contributed by atoms with van der Waals surface area (Å²) in [6.07, 6.45) is 5.45. The number of rotatable bonds is 3. The van der Waals surface area contributed by atoms with E-state index in [0.29, 0.717) is 24.0 Å². The molecule has 0 aliphatic carbocycles. The second-order valence-corrected chi connectivity index (χ2v) is 8.24. The second kappa shape index (κ2) is 7.38. The van der Waals surface area contributed by atoms with E-state index in [1.54, 1.807) is 39.2 Å². The van der Waals surface area contributed by atoms with Gasteiger partial charge >= 0.3 is 0 Å². The lowest BCUT2D eigenvalue weighted by Gasteiger charge is -2.51. The molecule has 0 bridgehead atoms. The van der Waals surface area contributed by atoms with Crippen LogP contribution in [0.2, 0.25) is 0 Å². The number of carbonyl (C=O) groups is 1. The quantitative estimate of drug-likeness (QED) is 0.793. The SMILES string of the molecule is Cc1nc(C)c(C(=O)N[C@H]2COC3(CCN(c4ncccn4)CC3)C[C@]2(C)O)o1. The minimum Gasteiger partial charge on any atom is -0.436 e. The van der Waals surface area contributed by atoms with Gasteiger partial charge in [-0.15, -0.1) is 0 Å². The van der Waals surface area contributed by atoms with Gasteiger partial charge in [0.1, 0.15) is 0 Å². The number of oxazole rings is 1. The van der Waals surface area contributed by atoms with E-state index in [1.807, 2.05) is 0 Å². The zero-order chi connectivity index (χ0) is 20.6. The number of piperidine rings is 1. The Hall–Kier alpha value is -2.52.